The van der Waals surface area contributed by atoms with Gasteiger partial charge >= 0.3 is 0 Å². The first kappa shape index (κ1) is 10.8. The number of allylic oxidation sites excluding steroid dienone is 1. The molecule has 1 aromatic rings. The zero-order valence-electron chi connectivity index (χ0n) is 9.73. The third-order valence-corrected chi connectivity index (χ3v) is 2.69. The zero-order valence-corrected chi connectivity index (χ0v) is 9.73. The van der Waals surface area contributed by atoms with E-state index in [2.05, 4.69) is 51.2 Å². The Hall–Kier alpha value is -1.24. The molecule has 0 aliphatic heterocycles. The fraction of sp³-hybridized carbons (Fsp3) is 0.385. The molecular formula is C13H19N. The standard InChI is InChI=1S/C13H19N/c1-6-13(14-5)12-8-10(3)9(2)7-11(12)4/h6-8,14H,1-5H3. The van der Waals surface area contributed by atoms with Crippen molar-refractivity contribution in [3.05, 3.63) is 40.5 Å². The Labute approximate surface area is 86.8 Å². The van der Waals surface area contributed by atoms with Crippen LogP contribution in [-0.4, -0.2) is 7.05 Å². The van der Waals surface area contributed by atoms with Gasteiger partial charge in [0.1, 0.15) is 0 Å². The Morgan fingerprint density at radius 3 is 2.14 bits per heavy atom. The smallest absolute Gasteiger partial charge is 0.0370 e. The lowest BCUT2D eigenvalue weighted by Gasteiger charge is -2.12. The zero-order chi connectivity index (χ0) is 10.7. The summed E-state index contributed by atoms with van der Waals surface area (Å²) in [5, 5.41) is 3.22. The van der Waals surface area contributed by atoms with E-state index in [0.717, 1.165) is 0 Å². The van der Waals surface area contributed by atoms with Crippen molar-refractivity contribution in [3.8, 4) is 0 Å². The van der Waals surface area contributed by atoms with E-state index in [-0.39, 0.29) is 0 Å². The van der Waals surface area contributed by atoms with Gasteiger partial charge in [-0.3, -0.25) is 0 Å². The van der Waals surface area contributed by atoms with E-state index in [4.69, 9.17) is 0 Å². The summed E-state index contributed by atoms with van der Waals surface area (Å²) in [7, 11) is 1.96. The van der Waals surface area contributed by atoms with Crippen LogP contribution in [0.2, 0.25) is 0 Å². The molecule has 0 atom stereocenters. The summed E-state index contributed by atoms with van der Waals surface area (Å²) in [6.07, 6.45) is 2.11. The third-order valence-electron chi connectivity index (χ3n) is 2.69. The summed E-state index contributed by atoms with van der Waals surface area (Å²) in [5.74, 6) is 0. The van der Waals surface area contributed by atoms with Crippen molar-refractivity contribution in [2.24, 2.45) is 0 Å². The quantitative estimate of drug-likeness (QED) is 0.753. The summed E-state index contributed by atoms with van der Waals surface area (Å²) in [4.78, 5) is 0. The number of rotatable bonds is 2. The van der Waals surface area contributed by atoms with Crippen LogP contribution < -0.4 is 5.32 Å². The van der Waals surface area contributed by atoms with Gasteiger partial charge in [-0.25, -0.2) is 0 Å². The van der Waals surface area contributed by atoms with E-state index in [1.54, 1.807) is 0 Å². The Bertz CT molecular complexity index is 362. The highest BCUT2D eigenvalue weighted by Crippen LogP contribution is 2.20. The van der Waals surface area contributed by atoms with Crippen LogP contribution in [0.1, 0.15) is 29.2 Å². The number of nitrogens with one attached hydrogen (secondary N) is 1. The van der Waals surface area contributed by atoms with Crippen molar-refractivity contribution >= 4 is 5.70 Å². The molecule has 1 aromatic carbocycles. The minimum absolute atomic E-state index is 1.20. The predicted molar refractivity (Wildman–Crippen MR) is 63.4 cm³/mol. The minimum Gasteiger partial charge on any atom is -0.388 e. The van der Waals surface area contributed by atoms with Crippen LogP contribution in [0.5, 0.6) is 0 Å². The molecule has 0 bridgehead atoms. The topological polar surface area (TPSA) is 12.0 Å². The van der Waals surface area contributed by atoms with Crippen molar-refractivity contribution < 1.29 is 0 Å². The van der Waals surface area contributed by atoms with Crippen molar-refractivity contribution in [2.45, 2.75) is 27.7 Å². The first-order chi connectivity index (χ1) is 6.60. The largest absolute Gasteiger partial charge is 0.388 e. The van der Waals surface area contributed by atoms with Crippen LogP contribution in [-0.2, 0) is 0 Å². The van der Waals surface area contributed by atoms with Crippen LogP contribution in [0.3, 0.4) is 0 Å². The summed E-state index contributed by atoms with van der Waals surface area (Å²) in [6.45, 7) is 8.52. The highest BCUT2D eigenvalue weighted by atomic mass is 14.8. The lowest BCUT2D eigenvalue weighted by Crippen LogP contribution is -2.06. The second kappa shape index (κ2) is 4.32. The van der Waals surface area contributed by atoms with Gasteiger partial charge in [-0.2, -0.15) is 0 Å². The van der Waals surface area contributed by atoms with E-state index >= 15 is 0 Å². The minimum atomic E-state index is 1.20. The molecule has 0 spiro atoms. The SMILES string of the molecule is CC=C(NC)c1cc(C)c(C)cc1C. The molecule has 1 rings (SSSR count). The molecule has 0 aliphatic rings. The molecule has 0 fully saturated rings. The molecule has 76 valence electrons. The van der Waals surface area contributed by atoms with Gasteiger partial charge in [0.15, 0.2) is 0 Å². The van der Waals surface area contributed by atoms with Gasteiger partial charge < -0.3 is 5.32 Å². The van der Waals surface area contributed by atoms with Gasteiger partial charge in [0, 0.05) is 18.3 Å². The van der Waals surface area contributed by atoms with Crippen LogP contribution in [0.15, 0.2) is 18.2 Å². The van der Waals surface area contributed by atoms with E-state index in [1.807, 2.05) is 7.05 Å². The highest BCUT2D eigenvalue weighted by Gasteiger charge is 2.04. The molecule has 1 nitrogen and oxygen atoms in total. The number of aryl methyl sites for hydroxylation is 3. The highest BCUT2D eigenvalue weighted by molar-refractivity contribution is 5.67. The fourth-order valence-corrected chi connectivity index (χ4v) is 1.69. The van der Waals surface area contributed by atoms with E-state index in [1.165, 1.54) is 28.0 Å². The molecule has 0 radical (unpaired) electrons. The molecular weight excluding hydrogens is 170 g/mol. The number of benzene rings is 1. The number of hydrogen-bond donors (Lipinski definition) is 1. The van der Waals surface area contributed by atoms with Gasteiger partial charge in [0.2, 0.25) is 0 Å². The fourth-order valence-electron chi connectivity index (χ4n) is 1.69. The second-order valence-electron chi connectivity index (χ2n) is 3.70. The van der Waals surface area contributed by atoms with Crippen LogP contribution >= 0.6 is 0 Å². The molecule has 0 amide bonds. The molecule has 0 aliphatic carbocycles. The van der Waals surface area contributed by atoms with Gasteiger partial charge in [-0.05, 0) is 50.5 Å². The summed E-state index contributed by atoms with van der Waals surface area (Å²) in [6, 6.07) is 4.49. The maximum Gasteiger partial charge on any atom is 0.0370 e. The molecule has 1 N–H and O–H groups in total. The molecule has 0 heterocycles. The van der Waals surface area contributed by atoms with Crippen molar-refractivity contribution in [3.63, 3.8) is 0 Å². The second-order valence-corrected chi connectivity index (χ2v) is 3.70. The molecule has 1 heteroatoms. The van der Waals surface area contributed by atoms with E-state index in [0.29, 0.717) is 0 Å². The van der Waals surface area contributed by atoms with Crippen LogP contribution in [0, 0.1) is 20.8 Å². The Kier molecular flexibility index (Phi) is 3.34. The van der Waals surface area contributed by atoms with E-state index < -0.39 is 0 Å². The number of hydrogen-bond acceptors (Lipinski definition) is 1. The maximum atomic E-state index is 3.22. The molecule has 14 heavy (non-hydrogen) atoms. The third kappa shape index (κ3) is 1.98. The van der Waals surface area contributed by atoms with Crippen LogP contribution in [0.4, 0.5) is 0 Å². The predicted octanol–water partition coefficient (Wildman–Crippen LogP) is 3.19. The maximum absolute atomic E-state index is 3.22. The normalized spacial score (nSPS) is 11.6. The average Bonchev–Trinajstić information content (AvgIpc) is 2.15. The lowest BCUT2D eigenvalue weighted by atomic mass is 9.98. The Balaban J connectivity index is 3.28. The van der Waals surface area contributed by atoms with Crippen molar-refractivity contribution in [2.75, 3.05) is 7.05 Å². The van der Waals surface area contributed by atoms with Gasteiger partial charge in [0.25, 0.3) is 0 Å². The Morgan fingerprint density at radius 1 is 1.07 bits per heavy atom. The summed E-state index contributed by atoms with van der Waals surface area (Å²) in [5.41, 5.74) is 6.54. The molecule has 0 unspecified atom stereocenters. The van der Waals surface area contributed by atoms with Gasteiger partial charge in [-0.15, -0.1) is 0 Å². The van der Waals surface area contributed by atoms with Crippen LogP contribution in [0.25, 0.3) is 5.70 Å². The monoisotopic (exact) mass is 189 g/mol. The summed E-state index contributed by atoms with van der Waals surface area (Å²) < 4.78 is 0. The van der Waals surface area contributed by atoms with Gasteiger partial charge in [-0.1, -0.05) is 12.1 Å². The molecule has 0 saturated heterocycles. The first-order valence-corrected chi connectivity index (χ1v) is 5.02. The van der Waals surface area contributed by atoms with Crippen molar-refractivity contribution in [1.82, 2.24) is 5.32 Å². The lowest BCUT2D eigenvalue weighted by molar-refractivity contribution is 1.11. The van der Waals surface area contributed by atoms with Crippen molar-refractivity contribution in [1.29, 1.82) is 0 Å². The Morgan fingerprint density at radius 2 is 1.64 bits per heavy atom. The molecule has 0 aromatic heterocycles. The average molecular weight is 189 g/mol. The summed E-state index contributed by atoms with van der Waals surface area (Å²) >= 11 is 0. The van der Waals surface area contributed by atoms with Gasteiger partial charge in [0.05, 0.1) is 0 Å². The molecule has 0 saturated carbocycles. The first-order valence-electron chi connectivity index (χ1n) is 5.02. The van der Waals surface area contributed by atoms with E-state index in [9.17, 15) is 0 Å².